The molecule has 0 spiro atoms. The summed E-state index contributed by atoms with van der Waals surface area (Å²) in [5.41, 5.74) is 2.78. The van der Waals surface area contributed by atoms with Crippen LogP contribution in [0.15, 0.2) is 53.0 Å². The molecule has 2 aromatic rings. The molecule has 0 radical (unpaired) electrons. The molecule has 4 nitrogen and oxygen atoms in total. The molecule has 1 saturated heterocycles. The summed E-state index contributed by atoms with van der Waals surface area (Å²) in [6, 6.07) is 14.5. The molecule has 1 unspecified atom stereocenters. The van der Waals surface area contributed by atoms with Gasteiger partial charge in [0, 0.05) is 10.2 Å². The van der Waals surface area contributed by atoms with Gasteiger partial charge in [-0.25, -0.2) is 4.79 Å². The van der Waals surface area contributed by atoms with Crippen molar-refractivity contribution in [2.75, 3.05) is 4.90 Å². The predicted octanol–water partition coefficient (Wildman–Crippen LogP) is 4.11. The minimum absolute atomic E-state index is 0.171. The summed E-state index contributed by atoms with van der Waals surface area (Å²) in [5.74, 6) is -0.171. The Labute approximate surface area is 143 Å². The number of carbonyl (C=O) groups excluding carboxylic acids is 2. The van der Waals surface area contributed by atoms with Crippen LogP contribution in [-0.2, 0) is 11.3 Å². The van der Waals surface area contributed by atoms with Crippen molar-refractivity contribution in [2.24, 2.45) is 0 Å². The van der Waals surface area contributed by atoms with Crippen LogP contribution in [-0.4, -0.2) is 22.9 Å². The summed E-state index contributed by atoms with van der Waals surface area (Å²) in [5, 5.41) is 0. The molecular weight excluding hydrogens is 356 g/mol. The summed E-state index contributed by atoms with van der Waals surface area (Å²) in [7, 11) is 0. The first kappa shape index (κ1) is 15.7. The third kappa shape index (κ3) is 3.01. The van der Waals surface area contributed by atoms with Crippen molar-refractivity contribution in [1.29, 1.82) is 0 Å². The molecule has 5 heteroatoms. The average Bonchev–Trinajstić information content (AvgIpc) is 2.73. The van der Waals surface area contributed by atoms with E-state index in [2.05, 4.69) is 15.9 Å². The van der Waals surface area contributed by atoms with Crippen molar-refractivity contribution >= 4 is 33.6 Å². The van der Waals surface area contributed by atoms with Crippen LogP contribution >= 0.6 is 15.9 Å². The van der Waals surface area contributed by atoms with Crippen LogP contribution in [0.4, 0.5) is 10.5 Å². The van der Waals surface area contributed by atoms with E-state index in [0.717, 1.165) is 21.3 Å². The van der Waals surface area contributed by atoms with E-state index < -0.39 is 6.04 Å². The Bertz CT molecular complexity index is 758. The van der Waals surface area contributed by atoms with E-state index in [-0.39, 0.29) is 18.5 Å². The number of aryl methyl sites for hydroxylation is 1. The topological polar surface area (TPSA) is 40.6 Å². The second-order valence-corrected chi connectivity index (χ2v) is 6.63. The Hall–Kier alpha value is -2.14. The molecular formula is C18H17BrN2O2. The number of hydrogen-bond acceptors (Lipinski definition) is 2. The highest BCUT2D eigenvalue weighted by Gasteiger charge is 2.43. The number of anilines is 1. The molecule has 23 heavy (non-hydrogen) atoms. The summed E-state index contributed by atoms with van der Waals surface area (Å²) >= 11 is 3.41. The molecule has 3 rings (SSSR count). The number of hydrogen-bond donors (Lipinski definition) is 0. The van der Waals surface area contributed by atoms with E-state index in [0.29, 0.717) is 0 Å². The highest BCUT2D eigenvalue weighted by molar-refractivity contribution is 9.10. The molecule has 0 aromatic heterocycles. The molecule has 0 N–H and O–H groups in total. The fourth-order valence-corrected chi connectivity index (χ4v) is 3.18. The Kier molecular flexibility index (Phi) is 4.22. The second-order valence-electron chi connectivity index (χ2n) is 5.72. The van der Waals surface area contributed by atoms with Crippen molar-refractivity contribution in [2.45, 2.75) is 26.4 Å². The molecule has 3 amide bonds. The summed E-state index contributed by atoms with van der Waals surface area (Å²) in [6.07, 6.45) is 0. The SMILES string of the molecule is Cc1ccc(N2C(=O)N(Cc3cccc(Br)c3)C(=O)C2C)cc1. The van der Waals surface area contributed by atoms with Crippen molar-refractivity contribution in [3.63, 3.8) is 0 Å². The van der Waals surface area contributed by atoms with Gasteiger partial charge in [0.1, 0.15) is 6.04 Å². The first-order valence-corrected chi connectivity index (χ1v) is 8.22. The number of urea groups is 1. The zero-order valence-electron chi connectivity index (χ0n) is 13.0. The molecule has 0 aliphatic carbocycles. The lowest BCUT2D eigenvalue weighted by Gasteiger charge is -2.19. The second kappa shape index (κ2) is 6.16. The van der Waals surface area contributed by atoms with Gasteiger partial charge >= 0.3 is 6.03 Å². The largest absolute Gasteiger partial charge is 0.332 e. The van der Waals surface area contributed by atoms with Crippen LogP contribution in [0.2, 0.25) is 0 Å². The minimum atomic E-state index is -0.489. The number of halogens is 1. The van der Waals surface area contributed by atoms with E-state index >= 15 is 0 Å². The third-order valence-electron chi connectivity index (χ3n) is 3.99. The quantitative estimate of drug-likeness (QED) is 0.760. The molecule has 1 atom stereocenters. The first-order chi connectivity index (χ1) is 11.0. The number of benzene rings is 2. The van der Waals surface area contributed by atoms with Crippen LogP contribution < -0.4 is 4.90 Å². The Morgan fingerprint density at radius 2 is 1.78 bits per heavy atom. The monoisotopic (exact) mass is 372 g/mol. The van der Waals surface area contributed by atoms with Crippen molar-refractivity contribution in [1.82, 2.24) is 4.90 Å². The number of nitrogens with zero attached hydrogens (tertiary/aromatic N) is 2. The van der Waals surface area contributed by atoms with E-state index in [1.807, 2.05) is 55.5 Å². The van der Waals surface area contributed by atoms with E-state index in [1.54, 1.807) is 11.8 Å². The van der Waals surface area contributed by atoms with Gasteiger partial charge in [0.2, 0.25) is 0 Å². The lowest BCUT2D eigenvalue weighted by Crippen LogP contribution is -2.33. The summed E-state index contributed by atoms with van der Waals surface area (Å²) in [4.78, 5) is 28.1. The van der Waals surface area contributed by atoms with Crippen LogP contribution in [0.3, 0.4) is 0 Å². The fraction of sp³-hybridized carbons (Fsp3) is 0.222. The third-order valence-corrected chi connectivity index (χ3v) is 4.48. The highest BCUT2D eigenvalue weighted by atomic mass is 79.9. The minimum Gasteiger partial charge on any atom is -0.282 e. The van der Waals surface area contributed by atoms with Crippen molar-refractivity contribution in [3.05, 3.63) is 64.1 Å². The Morgan fingerprint density at radius 3 is 2.43 bits per heavy atom. The molecule has 1 heterocycles. The van der Waals surface area contributed by atoms with Gasteiger partial charge < -0.3 is 0 Å². The van der Waals surface area contributed by atoms with E-state index in [9.17, 15) is 9.59 Å². The molecule has 2 aromatic carbocycles. The maximum Gasteiger partial charge on any atom is 0.332 e. The summed E-state index contributed by atoms with van der Waals surface area (Å²) in [6.45, 7) is 4.04. The van der Waals surface area contributed by atoms with Crippen LogP contribution in [0, 0.1) is 6.92 Å². The van der Waals surface area contributed by atoms with Crippen LogP contribution in [0.25, 0.3) is 0 Å². The maximum absolute atomic E-state index is 12.7. The smallest absolute Gasteiger partial charge is 0.282 e. The first-order valence-electron chi connectivity index (χ1n) is 7.43. The lowest BCUT2D eigenvalue weighted by molar-refractivity contribution is -0.127. The predicted molar refractivity (Wildman–Crippen MR) is 93.2 cm³/mol. The standard InChI is InChI=1S/C18H17BrN2O2/c1-12-6-8-16(9-7-12)21-13(2)17(22)20(18(21)23)11-14-4-3-5-15(19)10-14/h3-10,13H,11H2,1-2H3. The zero-order valence-corrected chi connectivity index (χ0v) is 14.6. The van der Waals surface area contributed by atoms with Gasteiger partial charge in [-0.1, -0.05) is 45.8 Å². The number of carbonyl (C=O) groups is 2. The molecule has 0 saturated carbocycles. The van der Waals surface area contributed by atoms with Gasteiger partial charge in [-0.2, -0.15) is 0 Å². The summed E-state index contributed by atoms with van der Waals surface area (Å²) < 4.78 is 0.928. The Balaban J connectivity index is 1.87. The highest BCUT2D eigenvalue weighted by Crippen LogP contribution is 2.27. The van der Waals surface area contributed by atoms with Gasteiger partial charge in [-0.05, 0) is 43.7 Å². The van der Waals surface area contributed by atoms with Gasteiger partial charge in [0.15, 0.2) is 0 Å². The van der Waals surface area contributed by atoms with E-state index in [4.69, 9.17) is 0 Å². The lowest BCUT2D eigenvalue weighted by atomic mass is 10.2. The van der Waals surface area contributed by atoms with Gasteiger partial charge in [0.05, 0.1) is 6.54 Å². The number of amides is 3. The van der Waals surface area contributed by atoms with Crippen LogP contribution in [0.5, 0.6) is 0 Å². The zero-order chi connectivity index (χ0) is 16.6. The normalized spacial score (nSPS) is 18.0. The molecule has 118 valence electrons. The van der Waals surface area contributed by atoms with Gasteiger partial charge in [0.25, 0.3) is 5.91 Å². The molecule has 0 bridgehead atoms. The molecule has 1 aliphatic rings. The maximum atomic E-state index is 12.7. The number of imide groups is 1. The average molecular weight is 373 g/mol. The van der Waals surface area contributed by atoms with Crippen molar-refractivity contribution < 1.29 is 9.59 Å². The molecule has 1 aliphatic heterocycles. The molecule has 1 fully saturated rings. The van der Waals surface area contributed by atoms with Crippen LogP contribution in [0.1, 0.15) is 18.1 Å². The number of rotatable bonds is 3. The van der Waals surface area contributed by atoms with Crippen molar-refractivity contribution in [3.8, 4) is 0 Å². The van der Waals surface area contributed by atoms with E-state index in [1.165, 1.54) is 4.90 Å². The van der Waals surface area contributed by atoms with Gasteiger partial charge in [-0.3, -0.25) is 14.6 Å². The van der Waals surface area contributed by atoms with Gasteiger partial charge in [-0.15, -0.1) is 0 Å². The Morgan fingerprint density at radius 1 is 1.09 bits per heavy atom. The fourth-order valence-electron chi connectivity index (χ4n) is 2.73.